The number of likely N-dealkylation sites (tertiary alicyclic amines) is 1. The number of aromatic nitrogens is 2. The predicted molar refractivity (Wildman–Crippen MR) is 95.2 cm³/mol. The van der Waals surface area contributed by atoms with Gasteiger partial charge in [0.1, 0.15) is 11.5 Å². The van der Waals surface area contributed by atoms with Crippen molar-refractivity contribution >= 4 is 11.0 Å². The molecule has 1 N–H and O–H groups in total. The molecule has 0 radical (unpaired) electrons. The summed E-state index contributed by atoms with van der Waals surface area (Å²) in [5.74, 6) is 0.538. The SMILES string of the molecule is C[C@@H]1CCCN(Cc2c(-c3ccc(F)cc3)[nH]c3ncccc23)C1. The number of hydrogen-bond donors (Lipinski definition) is 1. The Balaban J connectivity index is 1.76. The van der Waals surface area contributed by atoms with Crippen molar-refractivity contribution in [2.75, 3.05) is 13.1 Å². The number of piperidine rings is 1. The van der Waals surface area contributed by atoms with Crippen molar-refractivity contribution in [3.05, 3.63) is 54.0 Å². The van der Waals surface area contributed by atoms with Crippen LogP contribution in [0.1, 0.15) is 25.3 Å². The van der Waals surface area contributed by atoms with Crippen LogP contribution in [0.2, 0.25) is 0 Å². The fourth-order valence-electron chi connectivity index (χ4n) is 3.76. The Hall–Kier alpha value is -2.20. The summed E-state index contributed by atoms with van der Waals surface area (Å²) in [5, 5.41) is 1.16. The first-order valence-corrected chi connectivity index (χ1v) is 8.64. The first-order chi connectivity index (χ1) is 11.7. The van der Waals surface area contributed by atoms with Crippen LogP contribution in [0.25, 0.3) is 22.3 Å². The van der Waals surface area contributed by atoms with Gasteiger partial charge in [-0.15, -0.1) is 0 Å². The molecule has 1 aliphatic rings. The van der Waals surface area contributed by atoms with Gasteiger partial charge >= 0.3 is 0 Å². The Labute approximate surface area is 141 Å². The first-order valence-electron chi connectivity index (χ1n) is 8.64. The van der Waals surface area contributed by atoms with Crippen LogP contribution in [0, 0.1) is 11.7 Å². The minimum absolute atomic E-state index is 0.209. The molecule has 3 heterocycles. The van der Waals surface area contributed by atoms with Crippen LogP contribution in [0.4, 0.5) is 4.39 Å². The molecule has 3 nitrogen and oxygen atoms in total. The number of nitrogens with zero attached hydrogens (tertiary/aromatic N) is 2. The fraction of sp³-hybridized carbons (Fsp3) is 0.350. The molecule has 124 valence electrons. The van der Waals surface area contributed by atoms with Gasteiger partial charge in [0.25, 0.3) is 0 Å². The largest absolute Gasteiger partial charge is 0.339 e. The molecule has 0 amide bonds. The monoisotopic (exact) mass is 323 g/mol. The maximum atomic E-state index is 13.3. The predicted octanol–water partition coefficient (Wildman–Crippen LogP) is 4.60. The molecule has 1 aliphatic heterocycles. The molecule has 4 rings (SSSR count). The topological polar surface area (TPSA) is 31.9 Å². The lowest BCUT2D eigenvalue weighted by molar-refractivity contribution is 0.177. The van der Waals surface area contributed by atoms with Gasteiger partial charge in [0.05, 0.1) is 5.69 Å². The van der Waals surface area contributed by atoms with Crippen LogP contribution in [-0.2, 0) is 6.54 Å². The van der Waals surface area contributed by atoms with E-state index in [1.54, 1.807) is 6.20 Å². The molecule has 0 saturated carbocycles. The molecule has 0 spiro atoms. The Morgan fingerprint density at radius 3 is 2.88 bits per heavy atom. The third-order valence-electron chi connectivity index (χ3n) is 4.93. The van der Waals surface area contributed by atoms with E-state index >= 15 is 0 Å². The summed E-state index contributed by atoms with van der Waals surface area (Å²) >= 11 is 0. The molecule has 1 aromatic carbocycles. The van der Waals surface area contributed by atoms with Crippen molar-refractivity contribution in [2.45, 2.75) is 26.3 Å². The van der Waals surface area contributed by atoms with Crippen LogP contribution in [-0.4, -0.2) is 28.0 Å². The van der Waals surface area contributed by atoms with Gasteiger partial charge in [0.2, 0.25) is 0 Å². The lowest BCUT2D eigenvalue weighted by atomic mass is 9.98. The maximum absolute atomic E-state index is 13.3. The van der Waals surface area contributed by atoms with E-state index in [-0.39, 0.29) is 5.82 Å². The van der Waals surface area contributed by atoms with Gasteiger partial charge in [-0.05, 0) is 67.3 Å². The molecular formula is C20H22FN3. The summed E-state index contributed by atoms with van der Waals surface area (Å²) in [7, 11) is 0. The normalized spacial score (nSPS) is 19.0. The van der Waals surface area contributed by atoms with Crippen LogP contribution >= 0.6 is 0 Å². The average Bonchev–Trinajstić information content (AvgIpc) is 2.94. The van der Waals surface area contributed by atoms with E-state index in [1.165, 1.54) is 30.5 Å². The first kappa shape index (κ1) is 15.3. The maximum Gasteiger partial charge on any atom is 0.138 e. The fourth-order valence-corrected chi connectivity index (χ4v) is 3.76. The third-order valence-corrected chi connectivity index (χ3v) is 4.93. The number of halogens is 1. The number of nitrogens with one attached hydrogen (secondary N) is 1. The van der Waals surface area contributed by atoms with E-state index in [0.717, 1.165) is 47.8 Å². The van der Waals surface area contributed by atoms with E-state index in [2.05, 4.69) is 27.9 Å². The number of hydrogen-bond acceptors (Lipinski definition) is 2. The highest BCUT2D eigenvalue weighted by Crippen LogP contribution is 2.31. The molecule has 1 saturated heterocycles. The van der Waals surface area contributed by atoms with E-state index in [0.29, 0.717) is 0 Å². The Kier molecular flexibility index (Phi) is 4.07. The van der Waals surface area contributed by atoms with E-state index in [4.69, 9.17) is 0 Å². The number of fused-ring (bicyclic) bond motifs is 1. The van der Waals surface area contributed by atoms with Crippen molar-refractivity contribution in [3.8, 4) is 11.3 Å². The molecule has 2 aromatic heterocycles. The molecule has 4 heteroatoms. The van der Waals surface area contributed by atoms with E-state index in [1.807, 2.05) is 18.2 Å². The molecule has 0 aliphatic carbocycles. The zero-order valence-electron chi connectivity index (χ0n) is 13.9. The Morgan fingerprint density at radius 1 is 1.25 bits per heavy atom. The van der Waals surface area contributed by atoms with Crippen LogP contribution in [0.3, 0.4) is 0 Å². The second kappa shape index (κ2) is 6.36. The molecule has 1 atom stereocenters. The standard InChI is InChI=1S/C20H22FN3/c1-14-4-3-11-24(12-14)13-18-17-5-2-10-22-20(17)23-19(18)15-6-8-16(21)9-7-15/h2,5-10,14H,3-4,11-13H2,1H3,(H,22,23)/t14-/m1/s1. The molecule has 3 aromatic rings. The smallest absolute Gasteiger partial charge is 0.138 e. The minimum atomic E-state index is -0.209. The number of pyridine rings is 1. The van der Waals surface area contributed by atoms with Gasteiger partial charge in [-0.1, -0.05) is 6.92 Å². The van der Waals surface area contributed by atoms with E-state index < -0.39 is 0 Å². The zero-order valence-corrected chi connectivity index (χ0v) is 13.9. The summed E-state index contributed by atoms with van der Waals surface area (Å²) in [6.07, 6.45) is 4.38. The van der Waals surface area contributed by atoms with Crippen molar-refractivity contribution in [3.63, 3.8) is 0 Å². The van der Waals surface area contributed by atoms with Crippen LogP contribution < -0.4 is 0 Å². The molecular weight excluding hydrogens is 301 g/mol. The molecule has 1 fully saturated rings. The van der Waals surface area contributed by atoms with Gasteiger partial charge in [-0.3, -0.25) is 4.90 Å². The zero-order chi connectivity index (χ0) is 16.5. The van der Waals surface area contributed by atoms with Gasteiger partial charge in [-0.25, -0.2) is 9.37 Å². The van der Waals surface area contributed by atoms with Crippen molar-refractivity contribution < 1.29 is 4.39 Å². The average molecular weight is 323 g/mol. The van der Waals surface area contributed by atoms with Crippen molar-refractivity contribution in [2.24, 2.45) is 5.92 Å². The highest BCUT2D eigenvalue weighted by atomic mass is 19.1. The molecule has 24 heavy (non-hydrogen) atoms. The second-order valence-electron chi connectivity index (χ2n) is 6.87. The van der Waals surface area contributed by atoms with Gasteiger partial charge < -0.3 is 4.98 Å². The summed E-state index contributed by atoms with van der Waals surface area (Å²) in [4.78, 5) is 10.4. The quantitative estimate of drug-likeness (QED) is 0.764. The second-order valence-corrected chi connectivity index (χ2v) is 6.87. The van der Waals surface area contributed by atoms with Crippen molar-refractivity contribution in [1.82, 2.24) is 14.9 Å². The number of aromatic amines is 1. The highest BCUT2D eigenvalue weighted by molar-refractivity contribution is 5.88. The Morgan fingerprint density at radius 2 is 2.08 bits per heavy atom. The van der Waals surface area contributed by atoms with Crippen molar-refractivity contribution in [1.29, 1.82) is 0 Å². The summed E-state index contributed by atoms with van der Waals surface area (Å²) in [6.45, 7) is 5.50. The lowest BCUT2D eigenvalue weighted by Crippen LogP contribution is -2.33. The summed E-state index contributed by atoms with van der Waals surface area (Å²) in [5.41, 5.74) is 4.23. The lowest BCUT2D eigenvalue weighted by Gasteiger charge is -2.31. The Bertz CT molecular complexity index is 838. The number of H-pyrrole nitrogens is 1. The summed E-state index contributed by atoms with van der Waals surface area (Å²) < 4.78 is 13.3. The van der Waals surface area contributed by atoms with Gasteiger partial charge in [0.15, 0.2) is 0 Å². The van der Waals surface area contributed by atoms with Crippen LogP contribution in [0.15, 0.2) is 42.6 Å². The van der Waals surface area contributed by atoms with Gasteiger partial charge in [0, 0.05) is 30.2 Å². The summed E-state index contributed by atoms with van der Waals surface area (Å²) in [6, 6.07) is 10.8. The van der Waals surface area contributed by atoms with Crippen LogP contribution in [0.5, 0.6) is 0 Å². The molecule has 0 bridgehead atoms. The number of benzene rings is 1. The minimum Gasteiger partial charge on any atom is -0.339 e. The molecule has 0 unspecified atom stereocenters. The number of rotatable bonds is 3. The highest BCUT2D eigenvalue weighted by Gasteiger charge is 2.20. The third kappa shape index (κ3) is 2.94. The van der Waals surface area contributed by atoms with E-state index in [9.17, 15) is 4.39 Å². The van der Waals surface area contributed by atoms with Gasteiger partial charge in [-0.2, -0.15) is 0 Å².